The molecule has 0 saturated carbocycles. The number of fused-ring (bicyclic) bond motifs is 1. The Balaban J connectivity index is 1.74. The van der Waals surface area contributed by atoms with Crippen molar-refractivity contribution in [2.75, 3.05) is 5.43 Å². The maximum absolute atomic E-state index is 12.3. The molecule has 0 radical (unpaired) electrons. The number of nitrogens with one attached hydrogen (secondary N) is 2. The molecular formula is C15H14N6O2S. The van der Waals surface area contributed by atoms with Gasteiger partial charge < -0.3 is 10.7 Å². The first-order valence-corrected chi connectivity index (χ1v) is 8.27. The highest BCUT2D eigenvalue weighted by atomic mass is 32.1. The molecule has 2 amide bonds. The SMILES string of the molecule is NC(=O)c1c[nH]c2ncnc(NN3C(=O)CC[C@H]3c3cccs3)c12. The van der Waals surface area contributed by atoms with Crippen LogP contribution in [0.25, 0.3) is 11.0 Å². The van der Waals surface area contributed by atoms with Gasteiger partial charge in [0.2, 0.25) is 5.91 Å². The minimum Gasteiger partial charge on any atom is -0.366 e. The van der Waals surface area contributed by atoms with Crippen molar-refractivity contribution in [3.05, 3.63) is 40.5 Å². The quantitative estimate of drug-likeness (QED) is 0.668. The Morgan fingerprint density at radius 1 is 1.46 bits per heavy atom. The van der Waals surface area contributed by atoms with Gasteiger partial charge in [0.1, 0.15) is 12.0 Å². The van der Waals surface area contributed by atoms with E-state index in [0.717, 1.165) is 11.3 Å². The highest BCUT2D eigenvalue weighted by molar-refractivity contribution is 7.10. The fraction of sp³-hybridized carbons (Fsp3) is 0.200. The molecule has 1 aliphatic rings. The number of H-pyrrole nitrogens is 1. The predicted molar refractivity (Wildman–Crippen MR) is 89.2 cm³/mol. The molecule has 0 aromatic carbocycles. The van der Waals surface area contributed by atoms with E-state index >= 15 is 0 Å². The van der Waals surface area contributed by atoms with E-state index in [4.69, 9.17) is 5.73 Å². The topological polar surface area (TPSA) is 117 Å². The van der Waals surface area contributed by atoms with Crippen LogP contribution in [0.5, 0.6) is 0 Å². The summed E-state index contributed by atoms with van der Waals surface area (Å²) in [6.45, 7) is 0. The highest BCUT2D eigenvalue weighted by Gasteiger charge is 2.34. The van der Waals surface area contributed by atoms with Gasteiger partial charge in [0.05, 0.1) is 17.0 Å². The van der Waals surface area contributed by atoms with E-state index in [-0.39, 0.29) is 17.5 Å². The number of nitrogens with zero attached hydrogens (tertiary/aromatic N) is 3. The average Bonchev–Trinajstić information content (AvgIpc) is 3.28. The molecule has 1 aliphatic heterocycles. The predicted octanol–water partition coefficient (Wildman–Crippen LogP) is 1.81. The third-order valence-corrected chi connectivity index (χ3v) is 5.02. The molecule has 3 aromatic rings. The van der Waals surface area contributed by atoms with Crippen molar-refractivity contribution in [1.29, 1.82) is 0 Å². The average molecular weight is 342 g/mol. The van der Waals surface area contributed by atoms with Crippen LogP contribution in [0.3, 0.4) is 0 Å². The van der Waals surface area contributed by atoms with E-state index < -0.39 is 5.91 Å². The summed E-state index contributed by atoms with van der Waals surface area (Å²) in [5.74, 6) is -0.218. The first-order chi connectivity index (χ1) is 11.6. The van der Waals surface area contributed by atoms with Crippen LogP contribution in [0.4, 0.5) is 5.82 Å². The molecule has 4 rings (SSSR count). The molecule has 0 aliphatic carbocycles. The zero-order valence-corrected chi connectivity index (χ0v) is 13.3. The molecule has 1 atom stereocenters. The van der Waals surface area contributed by atoms with E-state index in [1.165, 1.54) is 12.5 Å². The Morgan fingerprint density at radius 2 is 2.33 bits per heavy atom. The number of aromatic amines is 1. The van der Waals surface area contributed by atoms with Crippen molar-refractivity contribution in [1.82, 2.24) is 20.0 Å². The van der Waals surface area contributed by atoms with Gasteiger partial charge in [0, 0.05) is 17.5 Å². The molecule has 4 N–H and O–H groups in total. The fourth-order valence-corrected chi connectivity index (χ4v) is 3.78. The van der Waals surface area contributed by atoms with E-state index in [1.807, 2.05) is 17.5 Å². The van der Waals surface area contributed by atoms with Gasteiger partial charge in [-0.05, 0) is 17.9 Å². The van der Waals surface area contributed by atoms with Crippen LogP contribution in [0.15, 0.2) is 30.0 Å². The summed E-state index contributed by atoms with van der Waals surface area (Å²) in [5.41, 5.74) is 9.25. The van der Waals surface area contributed by atoms with Crippen molar-refractivity contribution in [3.8, 4) is 0 Å². The fourth-order valence-electron chi connectivity index (χ4n) is 2.93. The molecule has 0 unspecified atom stereocenters. The van der Waals surface area contributed by atoms with Gasteiger partial charge in [-0.1, -0.05) is 6.07 Å². The third-order valence-electron chi connectivity index (χ3n) is 4.05. The van der Waals surface area contributed by atoms with E-state index in [0.29, 0.717) is 23.3 Å². The zero-order chi connectivity index (χ0) is 16.7. The van der Waals surface area contributed by atoms with Crippen molar-refractivity contribution in [2.45, 2.75) is 18.9 Å². The minimum absolute atomic E-state index is 0.0173. The number of amides is 2. The maximum Gasteiger partial charge on any atom is 0.251 e. The molecule has 8 nitrogen and oxygen atoms in total. The normalized spacial score (nSPS) is 17.6. The summed E-state index contributed by atoms with van der Waals surface area (Å²) in [7, 11) is 0. The summed E-state index contributed by atoms with van der Waals surface area (Å²) in [4.78, 5) is 36.2. The van der Waals surface area contributed by atoms with Crippen molar-refractivity contribution < 1.29 is 9.59 Å². The molecule has 4 heterocycles. The number of nitrogens with two attached hydrogens (primary N) is 1. The van der Waals surface area contributed by atoms with Crippen LogP contribution in [0, 0.1) is 0 Å². The Labute approximate surface area is 140 Å². The standard InChI is InChI=1S/C15H14N6O2S/c16-13(23)8-6-17-14-12(8)15(19-7-18-14)20-21-9(3-4-11(21)22)10-2-1-5-24-10/h1-2,5-7,9H,3-4H2,(H2,16,23)(H2,17,18,19,20)/t9-/m0/s1. The van der Waals surface area contributed by atoms with Crippen LogP contribution in [0.1, 0.15) is 34.1 Å². The van der Waals surface area contributed by atoms with Gasteiger partial charge in [-0.3, -0.25) is 15.0 Å². The van der Waals surface area contributed by atoms with E-state index in [9.17, 15) is 9.59 Å². The second kappa shape index (κ2) is 5.60. The van der Waals surface area contributed by atoms with Gasteiger partial charge in [-0.2, -0.15) is 0 Å². The van der Waals surface area contributed by atoms with E-state index in [2.05, 4.69) is 20.4 Å². The maximum atomic E-state index is 12.3. The summed E-state index contributed by atoms with van der Waals surface area (Å²) >= 11 is 1.60. The number of thiophene rings is 1. The lowest BCUT2D eigenvalue weighted by atomic mass is 10.2. The number of hydrogen-bond donors (Lipinski definition) is 3. The van der Waals surface area contributed by atoms with Crippen LogP contribution in [0.2, 0.25) is 0 Å². The van der Waals surface area contributed by atoms with Crippen molar-refractivity contribution >= 4 is 40.0 Å². The molecule has 24 heavy (non-hydrogen) atoms. The van der Waals surface area contributed by atoms with Crippen molar-refractivity contribution in [2.24, 2.45) is 5.73 Å². The molecule has 3 aromatic heterocycles. The molecule has 1 saturated heterocycles. The number of primary amides is 1. The molecule has 0 spiro atoms. The van der Waals surface area contributed by atoms with Crippen LogP contribution in [-0.4, -0.2) is 31.8 Å². The Kier molecular flexibility index (Phi) is 3.42. The monoisotopic (exact) mass is 342 g/mol. The second-order valence-corrected chi connectivity index (χ2v) is 6.44. The first-order valence-electron chi connectivity index (χ1n) is 7.39. The Morgan fingerprint density at radius 3 is 3.08 bits per heavy atom. The van der Waals surface area contributed by atoms with Crippen LogP contribution in [-0.2, 0) is 4.79 Å². The lowest BCUT2D eigenvalue weighted by molar-refractivity contribution is -0.127. The molecule has 0 bridgehead atoms. The second-order valence-electron chi connectivity index (χ2n) is 5.46. The van der Waals surface area contributed by atoms with Gasteiger partial charge in [-0.25, -0.2) is 15.0 Å². The van der Waals surface area contributed by atoms with Gasteiger partial charge in [-0.15, -0.1) is 11.3 Å². The van der Waals surface area contributed by atoms with Crippen molar-refractivity contribution in [3.63, 3.8) is 0 Å². The molecule has 1 fully saturated rings. The number of hydrogen-bond acceptors (Lipinski definition) is 6. The van der Waals surface area contributed by atoms with E-state index in [1.54, 1.807) is 16.3 Å². The van der Waals surface area contributed by atoms with Gasteiger partial charge in [0.25, 0.3) is 5.91 Å². The molecule has 122 valence electrons. The number of hydrazine groups is 1. The smallest absolute Gasteiger partial charge is 0.251 e. The minimum atomic E-state index is -0.582. The largest absolute Gasteiger partial charge is 0.366 e. The lowest BCUT2D eigenvalue weighted by Gasteiger charge is -2.25. The number of carbonyl (C=O) groups excluding carboxylic acids is 2. The molecular weight excluding hydrogens is 328 g/mol. The Bertz CT molecular complexity index is 919. The number of aromatic nitrogens is 3. The number of rotatable bonds is 4. The number of anilines is 1. The summed E-state index contributed by atoms with van der Waals surface area (Å²) in [5, 5.41) is 4.04. The summed E-state index contributed by atoms with van der Waals surface area (Å²) < 4.78 is 0. The highest BCUT2D eigenvalue weighted by Crippen LogP contribution is 2.36. The Hall–Kier alpha value is -2.94. The molecule has 9 heteroatoms. The summed E-state index contributed by atoms with van der Waals surface area (Å²) in [6, 6.07) is 3.91. The van der Waals surface area contributed by atoms with Gasteiger partial charge in [0.15, 0.2) is 5.82 Å². The first kappa shape index (κ1) is 14.6. The third kappa shape index (κ3) is 2.29. The zero-order valence-electron chi connectivity index (χ0n) is 12.5. The van der Waals surface area contributed by atoms with Crippen LogP contribution >= 0.6 is 11.3 Å². The number of carbonyl (C=O) groups is 2. The van der Waals surface area contributed by atoms with Gasteiger partial charge >= 0.3 is 0 Å². The summed E-state index contributed by atoms with van der Waals surface area (Å²) in [6.07, 6.45) is 4.05. The van der Waals surface area contributed by atoms with Crippen LogP contribution < -0.4 is 11.2 Å². The lowest BCUT2D eigenvalue weighted by Crippen LogP contribution is -2.33.